The molecule has 0 saturated heterocycles. The maximum Gasteiger partial charge on any atom is 0.314 e. The van der Waals surface area contributed by atoms with E-state index in [1.54, 1.807) is 13.1 Å². The number of aryl methyl sites for hydroxylation is 1. The molecule has 1 atom stereocenters. The standard InChI is InChI=1S/C12H20N4O3/c1-9(7-11(17)18)8-15-12(19)14-4-3-10-13-5-6-16(10)2/h5-6,9H,3-4,7-8H2,1-2H3,(H,17,18)(H2,14,15,19). The smallest absolute Gasteiger partial charge is 0.314 e. The summed E-state index contributed by atoms with van der Waals surface area (Å²) in [6, 6.07) is -0.286. The third-order valence-electron chi connectivity index (χ3n) is 2.69. The highest BCUT2D eigenvalue weighted by atomic mass is 16.4. The molecular weight excluding hydrogens is 248 g/mol. The molecule has 1 aromatic heterocycles. The Bertz CT molecular complexity index is 430. The summed E-state index contributed by atoms with van der Waals surface area (Å²) in [5.41, 5.74) is 0. The van der Waals surface area contributed by atoms with Gasteiger partial charge in [-0.05, 0) is 5.92 Å². The summed E-state index contributed by atoms with van der Waals surface area (Å²) in [6.07, 6.45) is 4.27. The van der Waals surface area contributed by atoms with Crippen LogP contribution >= 0.6 is 0 Å². The summed E-state index contributed by atoms with van der Waals surface area (Å²) in [5.74, 6) is -0.0400. The molecule has 106 valence electrons. The van der Waals surface area contributed by atoms with E-state index in [4.69, 9.17) is 5.11 Å². The lowest BCUT2D eigenvalue weighted by atomic mass is 10.1. The number of hydrogen-bond donors (Lipinski definition) is 3. The van der Waals surface area contributed by atoms with Crippen molar-refractivity contribution in [2.24, 2.45) is 13.0 Å². The molecular formula is C12H20N4O3. The van der Waals surface area contributed by atoms with Gasteiger partial charge in [-0.2, -0.15) is 0 Å². The summed E-state index contributed by atoms with van der Waals surface area (Å²) in [4.78, 5) is 26.0. The van der Waals surface area contributed by atoms with E-state index in [1.807, 2.05) is 17.8 Å². The summed E-state index contributed by atoms with van der Waals surface area (Å²) in [7, 11) is 1.90. The van der Waals surface area contributed by atoms with Crippen LogP contribution in [0.25, 0.3) is 0 Å². The van der Waals surface area contributed by atoms with Gasteiger partial charge in [-0.1, -0.05) is 6.92 Å². The van der Waals surface area contributed by atoms with Gasteiger partial charge in [0.25, 0.3) is 0 Å². The fourth-order valence-corrected chi connectivity index (χ4v) is 1.62. The molecule has 0 aliphatic heterocycles. The molecule has 19 heavy (non-hydrogen) atoms. The molecule has 7 heteroatoms. The third kappa shape index (κ3) is 5.89. The number of aromatic nitrogens is 2. The number of nitrogens with zero attached hydrogens (tertiary/aromatic N) is 2. The quantitative estimate of drug-likeness (QED) is 0.665. The van der Waals surface area contributed by atoms with E-state index in [0.29, 0.717) is 19.5 Å². The number of nitrogens with one attached hydrogen (secondary N) is 2. The van der Waals surface area contributed by atoms with Crippen molar-refractivity contribution in [1.29, 1.82) is 0 Å². The van der Waals surface area contributed by atoms with Gasteiger partial charge >= 0.3 is 12.0 Å². The van der Waals surface area contributed by atoms with Gasteiger partial charge in [-0.3, -0.25) is 4.79 Å². The van der Waals surface area contributed by atoms with E-state index in [1.165, 1.54) is 0 Å². The molecule has 2 amide bonds. The first-order valence-corrected chi connectivity index (χ1v) is 6.18. The molecule has 0 fully saturated rings. The molecule has 1 heterocycles. The maximum absolute atomic E-state index is 11.4. The molecule has 7 nitrogen and oxygen atoms in total. The molecule has 3 N–H and O–H groups in total. The summed E-state index contributed by atoms with van der Waals surface area (Å²) in [5, 5.41) is 13.9. The minimum atomic E-state index is -0.857. The van der Waals surface area contributed by atoms with Gasteiger partial charge in [-0.15, -0.1) is 0 Å². The first kappa shape index (κ1) is 15.0. The predicted molar refractivity (Wildman–Crippen MR) is 69.7 cm³/mol. The van der Waals surface area contributed by atoms with Crippen LogP contribution in [0, 0.1) is 5.92 Å². The van der Waals surface area contributed by atoms with Crippen molar-refractivity contribution < 1.29 is 14.7 Å². The third-order valence-corrected chi connectivity index (χ3v) is 2.69. The Kier molecular flexibility index (Phi) is 5.84. The molecule has 0 aliphatic rings. The number of amides is 2. The number of aliphatic carboxylic acids is 1. The van der Waals surface area contributed by atoms with E-state index in [9.17, 15) is 9.59 Å². The number of imidazole rings is 1. The molecule has 1 rings (SSSR count). The van der Waals surface area contributed by atoms with E-state index in [2.05, 4.69) is 15.6 Å². The van der Waals surface area contributed by atoms with Gasteiger partial charge in [0.15, 0.2) is 0 Å². The van der Waals surface area contributed by atoms with E-state index < -0.39 is 5.97 Å². The highest BCUT2D eigenvalue weighted by molar-refractivity contribution is 5.74. The topological polar surface area (TPSA) is 96.3 Å². The molecule has 0 aliphatic carbocycles. The van der Waals surface area contributed by atoms with Crippen molar-refractivity contribution in [3.8, 4) is 0 Å². The van der Waals surface area contributed by atoms with Crippen molar-refractivity contribution in [3.05, 3.63) is 18.2 Å². The summed E-state index contributed by atoms with van der Waals surface area (Å²) in [6.45, 7) is 2.62. The highest BCUT2D eigenvalue weighted by Crippen LogP contribution is 1.99. The normalized spacial score (nSPS) is 11.9. The number of carboxylic acids is 1. The van der Waals surface area contributed by atoms with Gasteiger partial charge in [0, 0.05) is 45.4 Å². The number of carbonyl (C=O) groups excluding carboxylic acids is 1. The fraction of sp³-hybridized carbons (Fsp3) is 0.583. The van der Waals surface area contributed by atoms with E-state index in [0.717, 1.165) is 5.82 Å². The lowest BCUT2D eigenvalue weighted by molar-refractivity contribution is -0.137. The first-order valence-electron chi connectivity index (χ1n) is 6.18. The van der Waals surface area contributed by atoms with Crippen molar-refractivity contribution in [3.63, 3.8) is 0 Å². The van der Waals surface area contributed by atoms with Crippen molar-refractivity contribution in [2.45, 2.75) is 19.8 Å². The molecule has 1 aromatic rings. The Morgan fingerprint density at radius 1 is 1.47 bits per heavy atom. The van der Waals surface area contributed by atoms with Gasteiger partial charge in [-0.25, -0.2) is 9.78 Å². The number of carbonyl (C=O) groups is 2. The van der Waals surface area contributed by atoms with Gasteiger partial charge < -0.3 is 20.3 Å². The Morgan fingerprint density at radius 2 is 2.21 bits per heavy atom. The number of urea groups is 1. The lowest BCUT2D eigenvalue weighted by Gasteiger charge is -2.11. The van der Waals surface area contributed by atoms with E-state index >= 15 is 0 Å². The second-order valence-electron chi connectivity index (χ2n) is 4.54. The van der Waals surface area contributed by atoms with Crippen molar-refractivity contribution in [1.82, 2.24) is 20.2 Å². The van der Waals surface area contributed by atoms with E-state index in [-0.39, 0.29) is 18.4 Å². The van der Waals surface area contributed by atoms with Gasteiger partial charge in [0.05, 0.1) is 0 Å². The van der Waals surface area contributed by atoms with Crippen LogP contribution in [0.2, 0.25) is 0 Å². The molecule has 0 radical (unpaired) electrons. The summed E-state index contributed by atoms with van der Waals surface area (Å²) >= 11 is 0. The second-order valence-corrected chi connectivity index (χ2v) is 4.54. The highest BCUT2D eigenvalue weighted by Gasteiger charge is 2.09. The Hall–Kier alpha value is -2.05. The fourth-order valence-electron chi connectivity index (χ4n) is 1.62. The number of carboxylic acid groups (broad SMARTS) is 1. The van der Waals surface area contributed by atoms with Gasteiger partial charge in [0.2, 0.25) is 0 Å². The summed E-state index contributed by atoms with van der Waals surface area (Å²) < 4.78 is 1.90. The largest absolute Gasteiger partial charge is 0.481 e. The molecule has 0 aromatic carbocycles. The van der Waals surface area contributed by atoms with Crippen LogP contribution in [0.1, 0.15) is 19.2 Å². The van der Waals surface area contributed by atoms with Crippen LogP contribution in [0.4, 0.5) is 4.79 Å². The monoisotopic (exact) mass is 268 g/mol. The van der Waals surface area contributed by atoms with Crippen LogP contribution in [0.15, 0.2) is 12.4 Å². The second kappa shape index (κ2) is 7.40. The Balaban J connectivity index is 2.14. The zero-order valence-electron chi connectivity index (χ0n) is 11.2. The average Bonchev–Trinajstić information content (AvgIpc) is 2.72. The van der Waals surface area contributed by atoms with Crippen molar-refractivity contribution >= 4 is 12.0 Å². The lowest BCUT2D eigenvalue weighted by Crippen LogP contribution is -2.39. The average molecular weight is 268 g/mol. The molecule has 0 bridgehead atoms. The SMILES string of the molecule is CC(CNC(=O)NCCc1nccn1C)CC(=O)O. The van der Waals surface area contributed by atoms with Crippen LogP contribution in [0.5, 0.6) is 0 Å². The van der Waals surface area contributed by atoms with Crippen LogP contribution in [0.3, 0.4) is 0 Å². The number of rotatable bonds is 7. The molecule has 0 saturated carbocycles. The Labute approximate surface area is 112 Å². The first-order chi connectivity index (χ1) is 8.99. The zero-order valence-corrected chi connectivity index (χ0v) is 11.2. The van der Waals surface area contributed by atoms with Crippen LogP contribution < -0.4 is 10.6 Å². The minimum Gasteiger partial charge on any atom is -0.481 e. The van der Waals surface area contributed by atoms with Crippen LogP contribution in [-0.2, 0) is 18.3 Å². The van der Waals surface area contributed by atoms with Gasteiger partial charge in [0.1, 0.15) is 5.82 Å². The van der Waals surface area contributed by atoms with Crippen LogP contribution in [-0.4, -0.2) is 39.7 Å². The maximum atomic E-state index is 11.4. The Morgan fingerprint density at radius 3 is 2.79 bits per heavy atom. The van der Waals surface area contributed by atoms with Crippen molar-refractivity contribution in [2.75, 3.05) is 13.1 Å². The zero-order chi connectivity index (χ0) is 14.3. The predicted octanol–water partition coefficient (Wildman–Crippen LogP) is 0.373. The molecule has 0 spiro atoms. The number of hydrogen-bond acceptors (Lipinski definition) is 3. The molecule has 1 unspecified atom stereocenters. The minimum absolute atomic E-state index is 0.0492.